The second-order valence-corrected chi connectivity index (χ2v) is 5.12. The maximum atomic E-state index is 12.1. The third-order valence-corrected chi connectivity index (χ3v) is 3.89. The Labute approximate surface area is 106 Å². The number of nitrogens with two attached hydrogens (primary N) is 1. The molecule has 3 amide bonds. The molecule has 2 aliphatic rings. The van der Waals surface area contributed by atoms with Crippen molar-refractivity contribution < 1.29 is 14.4 Å². The van der Waals surface area contributed by atoms with Crippen LogP contribution in [-0.4, -0.2) is 53.7 Å². The average Bonchev–Trinajstić information content (AvgIpc) is 2.26. The molecule has 0 aromatic rings. The quantitative estimate of drug-likeness (QED) is 0.698. The predicted molar refractivity (Wildman–Crippen MR) is 64.2 cm³/mol. The fraction of sp³-hybridized carbons (Fsp3) is 0.750. The number of carbonyl (C=O) groups excluding carboxylic acids is 3. The summed E-state index contributed by atoms with van der Waals surface area (Å²) in [5, 5.41) is 0. The van der Waals surface area contributed by atoms with Gasteiger partial charge in [-0.3, -0.25) is 14.4 Å². The van der Waals surface area contributed by atoms with Crippen molar-refractivity contribution in [3.05, 3.63) is 0 Å². The van der Waals surface area contributed by atoms with Gasteiger partial charge in [0.05, 0.1) is 5.92 Å². The first-order valence-corrected chi connectivity index (χ1v) is 6.32. The van der Waals surface area contributed by atoms with Crippen molar-refractivity contribution in [2.24, 2.45) is 17.6 Å². The molecule has 0 unspecified atom stereocenters. The van der Waals surface area contributed by atoms with Crippen molar-refractivity contribution in [3.8, 4) is 0 Å². The van der Waals surface area contributed by atoms with Gasteiger partial charge >= 0.3 is 0 Å². The smallest absolute Gasteiger partial charge is 0.229 e. The van der Waals surface area contributed by atoms with E-state index in [2.05, 4.69) is 0 Å². The van der Waals surface area contributed by atoms with Gasteiger partial charge in [-0.15, -0.1) is 0 Å². The lowest BCUT2D eigenvalue weighted by molar-refractivity contribution is -0.149. The Balaban J connectivity index is 1.79. The minimum absolute atomic E-state index is 0.0199. The molecule has 18 heavy (non-hydrogen) atoms. The zero-order valence-electron chi connectivity index (χ0n) is 10.6. The Morgan fingerprint density at radius 3 is 2.00 bits per heavy atom. The summed E-state index contributed by atoms with van der Waals surface area (Å²) in [5.41, 5.74) is 5.25. The predicted octanol–water partition coefficient (Wildman–Crippen LogP) is -0.811. The van der Waals surface area contributed by atoms with E-state index >= 15 is 0 Å². The first-order valence-electron chi connectivity index (χ1n) is 6.32. The van der Waals surface area contributed by atoms with E-state index in [1.54, 1.807) is 9.80 Å². The molecule has 0 aromatic heterocycles. The van der Waals surface area contributed by atoms with Gasteiger partial charge in [0.15, 0.2) is 0 Å². The summed E-state index contributed by atoms with van der Waals surface area (Å²) in [4.78, 5) is 37.6. The molecule has 0 saturated carbocycles. The Kier molecular flexibility index (Phi) is 3.54. The second kappa shape index (κ2) is 4.96. The summed E-state index contributed by atoms with van der Waals surface area (Å²) in [5.74, 6) is -0.293. The molecule has 0 aliphatic carbocycles. The first-order chi connectivity index (χ1) is 8.49. The SMILES string of the molecule is CC(=O)N1CC(C(=O)N2CCC(C(N)=O)CC2)C1. The first kappa shape index (κ1) is 12.9. The molecule has 6 nitrogen and oxygen atoms in total. The van der Waals surface area contributed by atoms with Gasteiger partial charge in [0.1, 0.15) is 0 Å². The van der Waals surface area contributed by atoms with E-state index in [1.165, 1.54) is 6.92 Å². The van der Waals surface area contributed by atoms with E-state index in [9.17, 15) is 14.4 Å². The van der Waals surface area contributed by atoms with E-state index in [1.807, 2.05) is 0 Å². The summed E-state index contributed by atoms with van der Waals surface area (Å²) in [6.45, 7) is 3.78. The molecule has 2 fully saturated rings. The van der Waals surface area contributed by atoms with Crippen LogP contribution in [0.25, 0.3) is 0 Å². The highest BCUT2D eigenvalue weighted by molar-refractivity contribution is 5.84. The zero-order valence-corrected chi connectivity index (χ0v) is 10.6. The number of rotatable bonds is 2. The van der Waals surface area contributed by atoms with Crippen LogP contribution in [0.15, 0.2) is 0 Å². The summed E-state index contributed by atoms with van der Waals surface area (Å²) < 4.78 is 0. The molecular weight excluding hydrogens is 234 g/mol. The number of nitrogens with zero attached hydrogens (tertiary/aromatic N) is 2. The van der Waals surface area contributed by atoms with Crippen LogP contribution in [0.5, 0.6) is 0 Å². The molecule has 0 bridgehead atoms. The monoisotopic (exact) mass is 253 g/mol. The number of carbonyl (C=O) groups is 3. The van der Waals surface area contributed by atoms with Crippen LogP contribution in [0.4, 0.5) is 0 Å². The highest BCUT2D eigenvalue weighted by Crippen LogP contribution is 2.22. The largest absolute Gasteiger partial charge is 0.369 e. The fourth-order valence-electron chi connectivity index (χ4n) is 2.53. The lowest BCUT2D eigenvalue weighted by atomic mass is 9.93. The van der Waals surface area contributed by atoms with Gasteiger partial charge < -0.3 is 15.5 Å². The van der Waals surface area contributed by atoms with Gasteiger partial charge in [0.25, 0.3) is 0 Å². The molecule has 0 aromatic carbocycles. The van der Waals surface area contributed by atoms with E-state index in [0.717, 1.165) is 0 Å². The maximum absolute atomic E-state index is 12.1. The molecule has 0 atom stereocenters. The molecule has 100 valence electrons. The van der Waals surface area contributed by atoms with Crippen molar-refractivity contribution in [3.63, 3.8) is 0 Å². The molecule has 2 aliphatic heterocycles. The van der Waals surface area contributed by atoms with Gasteiger partial charge in [0.2, 0.25) is 17.7 Å². The highest BCUT2D eigenvalue weighted by atomic mass is 16.2. The van der Waals surface area contributed by atoms with Crippen molar-refractivity contribution in [1.29, 1.82) is 0 Å². The van der Waals surface area contributed by atoms with Crippen LogP contribution in [0.1, 0.15) is 19.8 Å². The standard InChI is InChI=1S/C12H19N3O3/c1-8(16)15-6-10(7-15)12(18)14-4-2-9(3-5-14)11(13)17/h9-10H,2-7H2,1H3,(H2,13,17). The molecule has 0 radical (unpaired) electrons. The molecule has 2 heterocycles. The minimum atomic E-state index is -0.270. The number of primary amides is 1. The van der Waals surface area contributed by atoms with Crippen LogP contribution in [-0.2, 0) is 14.4 Å². The van der Waals surface area contributed by atoms with Gasteiger partial charge in [-0.05, 0) is 12.8 Å². The number of likely N-dealkylation sites (tertiary alicyclic amines) is 2. The van der Waals surface area contributed by atoms with Gasteiger partial charge in [0, 0.05) is 39.0 Å². The average molecular weight is 253 g/mol. The Morgan fingerprint density at radius 2 is 1.56 bits per heavy atom. The highest BCUT2D eigenvalue weighted by Gasteiger charge is 2.37. The van der Waals surface area contributed by atoms with Crippen molar-refractivity contribution in [1.82, 2.24) is 9.80 Å². The summed E-state index contributed by atoms with van der Waals surface area (Å²) in [6, 6.07) is 0. The number of hydrogen-bond donors (Lipinski definition) is 1. The Bertz CT molecular complexity index is 369. The number of amides is 3. The second-order valence-electron chi connectivity index (χ2n) is 5.12. The molecule has 0 spiro atoms. The zero-order chi connectivity index (χ0) is 13.3. The third kappa shape index (κ3) is 2.47. The normalized spacial score (nSPS) is 21.6. The van der Waals surface area contributed by atoms with Crippen molar-refractivity contribution in [2.45, 2.75) is 19.8 Å². The summed E-state index contributed by atoms with van der Waals surface area (Å²) >= 11 is 0. The summed E-state index contributed by atoms with van der Waals surface area (Å²) in [7, 11) is 0. The Morgan fingerprint density at radius 1 is 1.00 bits per heavy atom. The Hall–Kier alpha value is -1.59. The van der Waals surface area contributed by atoms with E-state index in [-0.39, 0.29) is 29.6 Å². The lowest BCUT2D eigenvalue weighted by Crippen LogP contribution is -2.57. The third-order valence-electron chi connectivity index (χ3n) is 3.89. The van der Waals surface area contributed by atoms with Gasteiger partial charge in [-0.25, -0.2) is 0 Å². The molecular formula is C12H19N3O3. The molecule has 2 rings (SSSR count). The fourth-order valence-corrected chi connectivity index (χ4v) is 2.53. The van der Waals surface area contributed by atoms with Crippen molar-refractivity contribution in [2.75, 3.05) is 26.2 Å². The van der Waals surface area contributed by atoms with Crippen LogP contribution < -0.4 is 5.73 Å². The van der Waals surface area contributed by atoms with Crippen molar-refractivity contribution >= 4 is 17.7 Å². The maximum Gasteiger partial charge on any atom is 0.229 e. The number of hydrogen-bond acceptors (Lipinski definition) is 3. The van der Waals surface area contributed by atoms with E-state index in [4.69, 9.17) is 5.73 Å². The molecule has 2 saturated heterocycles. The lowest BCUT2D eigenvalue weighted by Gasteiger charge is -2.41. The van der Waals surface area contributed by atoms with Gasteiger partial charge in [-0.1, -0.05) is 0 Å². The number of piperidine rings is 1. The summed E-state index contributed by atoms with van der Waals surface area (Å²) in [6.07, 6.45) is 1.31. The van der Waals surface area contributed by atoms with Gasteiger partial charge in [-0.2, -0.15) is 0 Å². The van der Waals surface area contributed by atoms with Crippen LogP contribution in [0.3, 0.4) is 0 Å². The van der Waals surface area contributed by atoms with Crippen LogP contribution in [0, 0.1) is 11.8 Å². The van der Waals surface area contributed by atoms with E-state index in [0.29, 0.717) is 39.0 Å². The van der Waals surface area contributed by atoms with Crippen LogP contribution in [0.2, 0.25) is 0 Å². The minimum Gasteiger partial charge on any atom is -0.369 e. The topological polar surface area (TPSA) is 83.7 Å². The van der Waals surface area contributed by atoms with E-state index < -0.39 is 0 Å². The molecule has 2 N–H and O–H groups in total. The molecule has 6 heteroatoms. The van der Waals surface area contributed by atoms with Crippen LogP contribution >= 0.6 is 0 Å².